The predicted molar refractivity (Wildman–Crippen MR) is 154 cm³/mol. The lowest BCUT2D eigenvalue weighted by atomic mass is 9.83. The highest BCUT2D eigenvalue weighted by molar-refractivity contribution is 7.53. The summed E-state index contributed by atoms with van der Waals surface area (Å²) in [5.41, 5.74) is 1.48. The minimum absolute atomic E-state index is 0.0995. The first kappa shape index (κ1) is 33.6. The summed E-state index contributed by atoms with van der Waals surface area (Å²) >= 11 is 0. The van der Waals surface area contributed by atoms with Gasteiger partial charge in [-0.25, -0.2) is 4.79 Å². The van der Waals surface area contributed by atoms with E-state index in [1.807, 2.05) is 26.8 Å². The Bertz CT molecular complexity index is 1050. The normalized spacial score (nSPS) is 22.7. The minimum Gasteiger partial charge on any atom is -0.465 e. The SMILES string of the molecule is C#CCCCCNC(=O)Nc1ccc(O[C@H]2O[C@H](CCP(=O)(OCC)OCC)[C@@H](OC(C)=O)[C@H](C)[C@@H]2C)cc1C. The Morgan fingerprint density at radius 2 is 1.82 bits per heavy atom. The molecule has 1 aliphatic rings. The molecule has 1 saturated heterocycles. The third kappa shape index (κ3) is 10.4. The molecule has 2 amide bonds. The first-order valence-corrected chi connectivity index (χ1v) is 15.7. The Balaban J connectivity index is 2.09. The number of unbranched alkanes of at least 4 members (excludes halogenated alkanes) is 2. The molecule has 0 saturated carbocycles. The van der Waals surface area contributed by atoms with Crippen molar-refractivity contribution < 1.29 is 37.4 Å². The van der Waals surface area contributed by atoms with Crippen molar-refractivity contribution in [3.63, 3.8) is 0 Å². The highest BCUT2D eigenvalue weighted by Crippen LogP contribution is 2.49. The molecule has 1 aromatic rings. The number of carbonyl (C=O) groups excluding carboxylic acids is 2. The number of esters is 1. The number of aryl methyl sites for hydroxylation is 1. The van der Waals surface area contributed by atoms with Crippen molar-refractivity contribution >= 4 is 25.3 Å². The van der Waals surface area contributed by atoms with Gasteiger partial charge >= 0.3 is 19.6 Å². The lowest BCUT2D eigenvalue weighted by Crippen LogP contribution is -2.53. The highest BCUT2D eigenvalue weighted by atomic mass is 31.2. The standard InChI is InChI=1S/C29H45N2O8P/c1-8-11-12-13-17-30-29(33)31-25-15-14-24(19-20(25)4)38-28-22(6)21(5)27(37-23(7)32)26(39-28)16-18-40(34,35-9-2)36-10-3/h1,14-15,19,21-22,26-28H,9-13,16-18H2,2-7H3,(H2,30,31,33)/t21-,22+,26-,27+,28+/m1/s1. The van der Waals surface area contributed by atoms with E-state index in [0.717, 1.165) is 18.4 Å². The molecule has 224 valence electrons. The molecule has 0 spiro atoms. The van der Waals surface area contributed by atoms with Gasteiger partial charge in [0.1, 0.15) is 11.9 Å². The van der Waals surface area contributed by atoms with Crippen LogP contribution in [0.25, 0.3) is 0 Å². The average molecular weight is 581 g/mol. The van der Waals surface area contributed by atoms with Crippen molar-refractivity contribution in [2.75, 3.05) is 31.2 Å². The minimum atomic E-state index is -3.31. The smallest absolute Gasteiger partial charge is 0.330 e. The summed E-state index contributed by atoms with van der Waals surface area (Å²) in [4.78, 5) is 24.1. The second-order valence-electron chi connectivity index (χ2n) is 9.93. The van der Waals surface area contributed by atoms with Crippen LogP contribution >= 0.6 is 7.60 Å². The van der Waals surface area contributed by atoms with Crippen LogP contribution in [-0.4, -0.2) is 56.4 Å². The molecule has 0 unspecified atom stereocenters. The van der Waals surface area contributed by atoms with Gasteiger partial charge < -0.3 is 33.9 Å². The van der Waals surface area contributed by atoms with Crippen LogP contribution in [0.4, 0.5) is 10.5 Å². The Morgan fingerprint density at radius 3 is 2.42 bits per heavy atom. The molecule has 5 atom stereocenters. The Hall–Kier alpha value is -2.57. The van der Waals surface area contributed by atoms with E-state index in [0.29, 0.717) is 30.8 Å². The summed E-state index contributed by atoms with van der Waals surface area (Å²) < 4.78 is 42.2. The molecule has 1 aliphatic heterocycles. The van der Waals surface area contributed by atoms with Gasteiger partial charge in [-0.05, 0) is 63.8 Å². The van der Waals surface area contributed by atoms with E-state index in [4.69, 9.17) is 29.7 Å². The van der Waals surface area contributed by atoms with Crippen molar-refractivity contribution in [1.29, 1.82) is 0 Å². The fraction of sp³-hybridized carbons (Fsp3) is 0.655. The fourth-order valence-electron chi connectivity index (χ4n) is 4.55. The van der Waals surface area contributed by atoms with E-state index in [1.54, 1.807) is 26.0 Å². The van der Waals surface area contributed by atoms with Crippen molar-refractivity contribution in [3.8, 4) is 18.1 Å². The summed E-state index contributed by atoms with van der Waals surface area (Å²) in [5, 5.41) is 5.68. The number of amides is 2. The van der Waals surface area contributed by atoms with Crippen LogP contribution in [0.5, 0.6) is 5.75 Å². The van der Waals surface area contributed by atoms with Gasteiger partial charge in [0.15, 0.2) is 0 Å². The molecule has 10 nitrogen and oxygen atoms in total. The van der Waals surface area contributed by atoms with E-state index >= 15 is 0 Å². The summed E-state index contributed by atoms with van der Waals surface area (Å²) in [6.07, 6.45) is 6.29. The van der Waals surface area contributed by atoms with Crippen LogP contribution in [0.15, 0.2) is 18.2 Å². The molecular weight excluding hydrogens is 535 g/mol. The number of carbonyl (C=O) groups is 2. The van der Waals surface area contributed by atoms with Gasteiger partial charge in [0.2, 0.25) is 6.29 Å². The maximum atomic E-state index is 13.1. The van der Waals surface area contributed by atoms with E-state index < -0.39 is 32.1 Å². The Labute approximate surface area is 238 Å². The van der Waals surface area contributed by atoms with Gasteiger partial charge in [-0.15, -0.1) is 12.3 Å². The molecule has 0 radical (unpaired) electrons. The van der Waals surface area contributed by atoms with E-state index in [1.165, 1.54) is 6.92 Å². The number of rotatable bonds is 15. The summed E-state index contributed by atoms with van der Waals surface area (Å²) in [7, 11) is -3.31. The molecule has 1 heterocycles. The highest BCUT2D eigenvalue weighted by Gasteiger charge is 2.45. The van der Waals surface area contributed by atoms with Gasteiger partial charge in [0, 0.05) is 37.4 Å². The van der Waals surface area contributed by atoms with E-state index in [-0.39, 0.29) is 37.2 Å². The summed E-state index contributed by atoms with van der Waals surface area (Å²) in [6, 6.07) is 5.08. The Kier molecular flexibility index (Phi) is 14.0. The molecule has 2 N–H and O–H groups in total. The van der Waals surface area contributed by atoms with E-state index in [9.17, 15) is 14.2 Å². The zero-order valence-electron chi connectivity index (χ0n) is 24.6. The number of hydrogen-bond acceptors (Lipinski definition) is 8. The topological polar surface area (TPSA) is 121 Å². The van der Waals surface area contributed by atoms with Crippen molar-refractivity contribution in [3.05, 3.63) is 23.8 Å². The maximum absolute atomic E-state index is 13.1. The first-order valence-electron chi connectivity index (χ1n) is 14.0. The van der Waals surface area contributed by atoms with Gasteiger partial charge in [0.25, 0.3) is 0 Å². The van der Waals surface area contributed by atoms with Crippen LogP contribution in [0.3, 0.4) is 0 Å². The Morgan fingerprint density at radius 1 is 1.12 bits per heavy atom. The second-order valence-corrected chi connectivity index (χ2v) is 12.1. The zero-order chi connectivity index (χ0) is 29.7. The van der Waals surface area contributed by atoms with Crippen molar-refractivity contribution in [1.82, 2.24) is 5.32 Å². The zero-order valence-corrected chi connectivity index (χ0v) is 25.5. The van der Waals surface area contributed by atoms with Crippen LogP contribution in [-0.2, 0) is 27.9 Å². The molecule has 40 heavy (non-hydrogen) atoms. The number of nitrogens with one attached hydrogen (secondary N) is 2. The summed E-state index contributed by atoms with van der Waals surface area (Å²) in [5.74, 6) is 2.52. The monoisotopic (exact) mass is 580 g/mol. The lowest BCUT2D eigenvalue weighted by molar-refractivity contribution is -0.239. The number of hydrogen-bond donors (Lipinski definition) is 2. The molecule has 1 aromatic carbocycles. The number of benzene rings is 1. The predicted octanol–water partition coefficient (Wildman–Crippen LogP) is 5.88. The number of urea groups is 1. The number of terminal acetylenes is 1. The number of ether oxygens (including phenoxy) is 3. The summed E-state index contributed by atoms with van der Waals surface area (Å²) in [6.45, 7) is 11.8. The number of anilines is 1. The van der Waals surface area contributed by atoms with Gasteiger partial charge in [0.05, 0.1) is 25.5 Å². The molecule has 1 fully saturated rings. The van der Waals surface area contributed by atoms with Crippen LogP contribution in [0, 0.1) is 31.1 Å². The quantitative estimate of drug-likeness (QED) is 0.114. The largest absolute Gasteiger partial charge is 0.465 e. The van der Waals surface area contributed by atoms with E-state index in [2.05, 4.69) is 16.6 Å². The van der Waals surface area contributed by atoms with Gasteiger partial charge in [-0.1, -0.05) is 13.8 Å². The molecule has 0 bridgehead atoms. The fourth-order valence-corrected chi connectivity index (χ4v) is 6.24. The third-order valence-electron chi connectivity index (χ3n) is 6.83. The lowest BCUT2D eigenvalue weighted by Gasteiger charge is -2.44. The second kappa shape index (κ2) is 16.6. The maximum Gasteiger partial charge on any atom is 0.330 e. The van der Waals surface area contributed by atoms with Crippen molar-refractivity contribution in [2.45, 2.75) is 85.7 Å². The van der Waals surface area contributed by atoms with Crippen LogP contribution in [0.2, 0.25) is 0 Å². The molecule has 0 aliphatic carbocycles. The van der Waals surface area contributed by atoms with Gasteiger partial charge in [-0.2, -0.15) is 0 Å². The third-order valence-corrected chi connectivity index (χ3v) is 8.93. The molecule has 11 heteroatoms. The average Bonchev–Trinajstić information content (AvgIpc) is 2.89. The molecule has 0 aromatic heterocycles. The molecule has 2 rings (SSSR count). The van der Waals surface area contributed by atoms with Crippen LogP contribution in [0.1, 0.15) is 65.9 Å². The van der Waals surface area contributed by atoms with Crippen LogP contribution < -0.4 is 15.4 Å². The van der Waals surface area contributed by atoms with Crippen molar-refractivity contribution in [2.24, 2.45) is 11.8 Å². The molecular formula is C29H45N2O8P. The van der Waals surface area contributed by atoms with Gasteiger partial charge in [-0.3, -0.25) is 9.36 Å². The first-order chi connectivity index (χ1) is 19.0.